The van der Waals surface area contributed by atoms with Crippen LogP contribution in [0, 0.1) is 0 Å². The predicted octanol–water partition coefficient (Wildman–Crippen LogP) is 7.59. The zero-order valence-corrected chi connectivity index (χ0v) is 19.9. The second-order valence-corrected chi connectivity index (χ2v) is 9.91. The molecule has 36 heavy (non-hydrogen) atoms. The molecule has 0 saturated carbocycles. The number of benzene rings is 4. The molecule has 6 aromatic rings. The molecule has 0 saturated heterocycles. The molecule has 4 heterocycles. The Balaban J connectivity index is 1.34. The number of H-pyrrole nitrogens is 2. The summed E-state index contributed by atoms with van der Waals surface area (Å²) >= 11 is 0. The van der Waals surface area contributed by atoms with Crippen LogP contribution in [0.4, 0.5) is 11.4 Å². The molecule has 0 fully saturated rings. The zero-order chi connectivity index (χ0) is 23.6. The minimum absolute atomic E-state index is 0.979. The third-order valence-electron chi connectivity index (χ3n) is 8.01. The monoisotopic (exact) mass is 466 g/mol. The lowest BCUT2D eigenvalue weighted by atomic mass is 9.88. The molecule has 0 unspecified atom stereocenters. The van der Waals surface area contributed by atoms with Crippen molar-refractivity contribution in [2.45, 2.75) is 12.8 Å². The molecular weight excluding hydrogens is 440 g/mol. The van der Waals surface area contributed by atoms with Crippen LogP contribution in [-0.2, 0) is 12.8 Å². The Labute approximate surface area is 209 Å². The topological polar surface area (TPSA) is 55.6 Å². The third kappa shape index (κ3) is 2.81. The quantitative estimate of drug-likeness (QED) is 0.217. The van der Waals surface area contributed by atoms with E-state index < -0.39 is 0 Å². The minimum atomic E-state index is 0.979. The second kappa shape index (κ2) is 7.53. The van der Waals surface area contributed by atoms with Crippen molar-refractivity contribution >= 4 is 33.2 Å². The van der Waals surface area contributed by atoms with E-state index in [0.717, 1.165) is 31.4 Å². The van der Waals surface area contributed by atoms with E-state index >= 15 is 0 Å². The average Bonchev–Trinajstić information content (AvgIpc) is 3.72. The highest BCUT2D eigenvalue weighted by atomic mass is 14.9. The molecule has 0 radical (unpaired) electrons. The van der Waals surface area contributed by atoms with E-state index in [1.807, 2.05) is 12.4 Å². The maximum absolute atomic E-state index is 3.74. The van der Waals surface area contributed by atoms with E-state index in [4.69, 9.17) is 0 Å². The average molecular weight is 467 g/mol. The van der Waals surface area contributed by atoms with Gasteiger partial charge in [-0.3, -0.25) is 0 Å². The number of aromatic amines is 2. The van der Waals surface area contributed by atoms with Crippen LogP contribution in [0.1, 0.15) is 11.1 Å². The van der Waals surface area contributed by atoms with Gasteiger partial charge in [0.15, 0.2) is 0 Å². The second-order valence-electron chi connectivity index (χ2n) is 9.91. The number of nitrogens with one attached hydrogen (secondary N) is 4. The molecule has 0 atom stereocenters. The van der Waals surface area contributed by atoms with Gasteiger partial charge in [0, 0.05) is 64.2 Å². The molecule has 4 N–H and O–H groups in total. The van der Waals surface area contributed by atoms with Gasteiger partial charge < -0.3 is 20.6 Å². The van der Waals surface area contributed by atoms with Gasteiger partial charge in [-0.15, -0.1) is 0 Å². The van der Waals surface area contributed by atoms with Gasteiger partial charge >= 0.3 is 0 Å². The lowest BCUT2D eigenvalue weighted by Crippen LogP contribution is -1.95. The molecule has 0 spiro atoms. The van der Waals surface area contributed by atoms with Crippen LogP contribution in [-0.4, -0.2) is 23.1 Å². The third-order valence-corrected chi connectivity index (χ3v) is 8.01. The molecule has 0 amide bonds. The van der Waals surface area contributed by atoms with Gasteiger partial charge in [0.1, 0.15) is 0 Å². The molecule has 2 aliphatic rings. The first kappa shape index (κ1) is 19.8. The van der Waals surface area contributed by atoms with Crippen LogP contribution in [0.15, 0.2) is 85.2 Å². The first-order valence-electron chi connectivity index (χ1n) is 12.8. The Morgan fingerprint density at radius 3 is 2.19 bits per heavy atom. The zero-order valence-electron chi connectivity index (χ0n) is 19.9. The molecule has 2 aliphatic heterocycles. The number of fused-ring (bicyclic) bond motifs is 4. The lowest BCUT2D eigenvalue weighted by molar-refractivity contribution is 1.10. The van der Waals surface area contributed by atoms with Crippen molar-refractivity contribution in [2.24, 2.45) is 0 Å². The summed E-state index contributed by atoms with van der Waals surface area (Å²) in [6.07, 6.45) is 6.21. The summed E-state index contributed by atoms with van der Waals surface area (Å²) in [5, 5.41) is 9.78. The highest BCUT2D eigenvalue weighted by Crippen LogP contribution is 2.45. The Morgan fingerprint density at radius 2 is 1.25 bits per heavy atom. The van der Waals surface area contributed by atoms with Crippen LogP contribution < -0.4 is 10.6 Å². The highest BCUT2D eigenvalue weighted by Gasteiger charge is 2.24. The van der Waals surface area contributed by atoms with E-state index in [2.05, 4.69) is 93.4 Å². The van der Waals surface area contributed by atoms with E-state index in [1.165, 1.54) is 72.2 Å². The summed E-state index contributed by atoms with van der Waals surface area (Å²) in [5.74, 6) is 0. The van der Waals surface area contributed by atoms with Gasteiger partial charge in [0.05, 0.1) is 0 Å². The maximum Gasteiger partial charge on any atom is 0.0466 e. The normalized spacial score (nSPS) is 14.1. The maximum atomic E-state index is 3.74. The number of hydrogen-bond acceptors (Lipinski definition) is 2. The summed E-state index contributed by atoms with van der Waals surface area (Å²) in [4.78, 5) is 6.85. The van der Waals surface area contributed by atoms with Gasteiger partial charge in [-0.2, -0.15) is 0 Å². The van der Waals surface area contributed by atoms with Crippen molar-refractivity contribution in [3.63, 3.8) is 0 Å². The molecule has 0 bridgehead atoms. The Hall–Kier alpha value is -4.44. The fourth-order valence-electron chi connectivity index (χ4n) is 6.38. The van der Waals surface area contributed by atoms with E-state index in [1.54, 1.807) is 0 Å². The summed E-state index contributed by atoms with van der Waals surface area (Å²) < 4.78 is 0. The first-order valence-corrected chi connectivity index (χ1v) is 12.8. The first-order chi connectivity index (χ1) is 17.8. The molecule has 8 rings (SSSR count). The van der Waals surface area contributed by atoms with Crippen molar-refractivity contribution in [1.82, 2.24) is 9.97 Å². The smallest absolute Gasteiger partial charge is 0.0466 e. The highest BCUT2D eigenvalue weighted by molar-refractivity contribution is 6.06. The number of rotatable bonds is 3. The van der Waals surface area contributed by atoms with Crippen LogP contribution in [0.3, 0.4) is 0 Å². The molecular formula is C32H26N4. The SMILES string of the molecule is c1cc2c(c(-c3ccc(-c4cc(-c5cccc6[nH]ccc56)c5cc[nH]c5c4)c4c3CCN4)c1)CCN2. The largest absolute Gasteiger partial charge is 0.384 e. The molecule has 174 valence electrons. The number of aromatic nitrogens is 2. The summed E-state index contributed by atoms with van der Waals surface area (Å²) in [6, 6.07) is 26.9. The summed E-state index contributed by atoms with van der Waals surface area (Å²) in [7, 11) is 0. The summed E-state index contributed by atoms with van der Waals surface area (Å²) in [6.45, 7) is 2.00. The van der Waals surface area contributed by atoms with E-state index in [-0.39, 0.29) is 0 Å². The van der Waals surface area contributed by atoms with Crippen LogP contribution in [0.5, 0.6) is 0 Å². The predicted molar refractivity (Wildman–Crippen MR) is 151 cm³/mol. The van der Waals surface area contributed by atoms with Crippen LogP contribution in [0.2, 0.25) is 0 Å². The van der Waals surface area contributed by atoms with E-state index in [9.17, 15) is 0 Å². The van der Waals surface area contributed by atoms with E-state index in [0.29, 0.717) is 0 Å². The Bertz CT molecular complexity index is 1800. The molecule has 4 heteroatoms. The van der Waals surface area contributed by atoms with Gasteiger partial charge in [-0.25, -0.2) is 0 Å². The van der Waals surface area contributed by atoms with Gasteiger partial charge in [0.25, 0.3) is 0 Å². The van der Waals surface area contributed by atoms with Gasteiger partial charge in [0.2, 0.25) is 0 Å². The number of hydrogen-bond donors (Lipinski definition) is 4. The minimum Gasteiger partial charge on any atom is -0.384 e. The van der Waals surface area contributed by atoms with Crippen molar-refractivity contribution in [3.05, 3.63) is 96.3 Å². The van der Waals surface area contributed by atoms with Gasteiger partial charge in [-0.1, -0.05) is 36.4 Å². The molecule has 0 aliphatic carbocycles. The van der Waals surface area contributed by atoms with Crippen molar-refractivity contribution in [2.75, 3.05) is 23.7 Å². The van der Waals surface area contributed by atoms with Crippen molar-refractivity contribution in [1.29, 1.82) is 0 Å². The standard InChI is InChI=1S/C32H26N4/c1-3-21(24-9-13-33-29(24)5-1)23-8-7-20(32-27(23)12-16-36-32)19-17-28(26-11-15-35-31(26)18-19)22-4-2-6-30-25(22)10-14-34-30/h1-8,10-11,14-15,17-18,33-36H,9,12-13,16H2. The molecule has 4 aromatic carbocycles. The molecule has 2 aromatic heterocycles. The Morgan fingerprint density at radius 1 is 0.528 bits per heavy atom. The lowest BCUT2D eigenvalue weighted by Gasteiger charge is -2.17. The van der Waals surface area contributed by atoms with Crippen molar-refractivity contribution < 1.29 is 0 Å². The molecule has 4 nitrogen and oxygen atoms in total. The van der Waals surface area contributed by atoms with Gasteiger partial charge in [-0.05, 0) is 88.2 Å². The number of anilines is 2. The van der Waals surface area contributed by atoms with Crippen LogP contribution in [0.25, 0.3) is 55.2 Å². The van der Waals surface area contributed by atoms with Crippen molar-refractivity contribution in [3.8, 4) is 33.4 Å². The summed E-state index contributed by atoms with van der Waals surface area (Å²) in [5.41, 5.74) is 15.6. The fraction of sp³-hybridized carbons (Fsp3) is 0.125. The van der Waals surface area contributed by atoms with Crippen LogP contribution >= 0.6 is 0 Å². The fourth-order valence-corrected chi connectivity index (χ4v) is 6.38. The Kier molecular flexibility index (Phi) is 4.14.